The minimum atomic E-state index is -0.314. The van der Waals surface area contributed by atoms with Crippen molar-refractivity contribution in [2.75, 3.05) is 19.0 Å². The minimum absolute atomic E-state index is 0.0638. The predicted octanol–water partition coefficient (Wildman–Crippen LogP) is 4.92. The van der Waals surface area contributed by atoms with Gasteiger partial charge in [-0.3, -0.25) is 9.59 Å². The van der Waals surface area contributed by atoms with Crippen molar-refractivity contribution in [2.45, 2.75) is 6.92 Å². The van der Waals surface area contributed by atoms with E-state index in [4.69, 9.17) is 18.6 Å². The predicted molar refractivity (Wildman–Crippen MR) is 121 cm³/mol. The van der Waals surface area contributed by atoms with E-state index in [1.54, 1.807) is 49.6 Å². The van der Waals surface area contributed by atoms with Crippen molar-refractivity contribution >= 4 is 22.6 Å². The smallest absolute Gasteiger partial charge is 0.262 e. The van der Waals surface area contributed by atoms with Gasteiger partial charge in [0.2, 0.25) is 11.2 Å². The average Bonchev–Trinajstić information content (AvgIpc) is 2.81. The number of amides is 1. The number of hydrogen-bond acceptors (Lipinski definition) is 6. The van der Waals surface area contributed by atoms with E-state index >= 15 is 0 Å². The number of methoxy groups -OCH3 is 1. The molecular formula is C25H21NO6. The Morgan fingerprint density at radius 2 is 1.69 bits per heavy atom. The zero-order valence-electron chi connectivity index (χ0n) is 17.6. The summed E-state index contributed by atoms with van der Waals surface area (Å²) in [6, 6.07) is 19.1. The molecule has 0 unspecified atom stereocenters. The Labute approximate surface area is 184 Å². The van der Waals surface area contributed by atoms with E-state index in [9.17, 15) is 9.59 Å². The number of aryl methyl sites for hydroxylation is 1. The minimum Gasteiger partial charge on any atom is -0.497 e. The van der Waals surface area contributed by atoms with E-state index in [0.29, 0.717) is 28.2 Å². The van der Waals surface area contributed by atoms with Crippen molar-refractivity contribution in [2.24, 2.45) is 0 Å². The van der Waals surface area contributed by atoms with Crippen molar-refractivity contribution < 1.29 is 23.4 Å². The molecule has 1 aromatic heterocycles. The first kappa shape index (κ1) is 21.0. The van der Waals surface area contributed by atoms with Crippen LogP contribution in [-0.4, -0.2) is 19.6 Å². The number of anilines is 1. The Bertz CT molecular complexity index is 1310. The molecule has 4 aromatic rings. The molecule has 0 fully saturated rings. The van der Waals surface area contributed by atoms with Gasteiger partial charge in [-0.05, 0) is 55.0 Å². The van der Waals surface area contributed by atoms with Gasteiger partial charge in [-0.15, -0.1) is 0 Å². The highest BCUT2D eigenvalue weighted by Gasteiger charge is 2.11. The van der Waals surface area contributed by atoms with E-state index in [1.807, 2.05) is 31.2 Å². The second-order valence-electron chi connectivity index (χ2n) is 7.02. The van der Waals surface area contributed by atoms with Crippen LogP contribution in [0.15, 0.2) is 82.2 Å². The number of nitrogens with one attached hydrogen (secondary N) is 1. The summed E-state index contributed by atoms with van der Waals surface area (Å²) in [5.41, 5.74) is 1.70. The number of rotatable bonds is 7. The van der Waals surface area contributed by atoms with Crippen LogP contribution in [0.3, 0.4) is 0 Å². The Morgan fingerprint density at radius 1 is 0.969 bits per heavy atom. The largest absolute Gasteiger partial charge is 0.497 e. The number of para-hydroxylation sites is 1. The van der Waals surface area contributed by atoms with Gasteiger partial charge in [0.1, 0.15) is 29.1 Å². The number of benzene rings is 3. The maximum absolute atomic E-state index is 12.8. The summed E-state index contributed by atoms with van der Waals surface area (Å²) < 4.78 is 21.9. The molecule has 4 rings (SSSR count). The molecule has 3 aromatic carbocycles. The summed E-state index contributed by atoms with van der Waals surface area (Å²) >= 11 is 0. The molecule has 0 spiro atoms. The monoisotopic (exact) mass is 431 g/mol. The van der Waals surface area contributed by atoms with E-state index in [0.717, 1.165) is 11.3 Å². The highest BCUT2D eigenvalue weighted by Crippen LogP contribution is 2.25. The fourth-order valence-electron chi connectivity index (χ4n) is 3.07. The van der Waals surface area contributed by atoms with Crippen LogP contribution in [0.2, 0.25) is 0 Å². The van der Waals surface area contributed by atoms with Crippen LogP contribution in [0.25, 0.3) is 11.0 Å². The molecule has 32 heavy (non-hydrogen) atoms. The van der Waals surface area contributed by atoms with Crippen molar-refractivity contribution in [3.63, 3.8) is 0 Å². The van der Waals surface area contributed by atoms with Gasteiger partial charge in [0.05, 0.1) is 12.5 Å². The zero-order valence-corrected chi connectivity index (χ0v) is 17.6. The fraction of sp³-hybridized carbons (Fsp3) is 0.120. The van der Waals surface area contributed by atoms with Crippen molar-refractivity contribution in [3.8, 4) is 23.0 Å². The van der Waals surface area contributed by atoms with Crippen LogP contribution in [0.1, 0.15) is 5.56 Å². The quantitative estimate of drug-likeness (QED) is 0.447. The van der Waals surface area contributed by atoms with E-state index < -0.39 is 0 Å². The molecule has 1 heterocycles. The molecular weight excluding hydrogens is 410 g/mol. The Kier molecular flexibility index (Phi) is 6.07. The first-order valence-corrected chi connectivity index (χ1v) is 9.89. The third-order valence-electron chi connectivity index (χ3n) is 4.79. The molecule has 0 bridgehead atoms. The van der Waals surface area contributed by atoms with Gasteiger partial charge in [-0.2, -0.15) is 0 Å². The second-order valence-corrected chi connectivity index (χ2v) is 7.02. The molecule has 7 heteroatoms. The van der Waals surface area contributed by atoms with E-state index in [-0.39, 0.29) is 23.7 Å². The molecule has 0 saturated carbocycles. The SMILES string of the molecule is COc1ccc(Oc2coc3cc(OCC(=O)Nc4ccccc4C)ccc3c2=O)cc1. The van der Waals surface area contributed by atoms with Crippen LogP contribution in [0, 0.1) is 6.92 Å². The van der Waals surface area contributed by atoms with Crippen LogP contribution >= 0.6 is 0 Å². The summed E-state index contributed by atoms with van der Waals surface area (Å²) in [7, 11) is 1.57. The van der Waals surface area contributed by atoms with Crippen molar-refractivity contribution in [3.05, 3.63) is 88.8 Å². The fourth-order valence-corrected chi connectivity index (χ4v) is 3.07. The lowest BCUT2D eigenvalue weighted by Gasteiger charge is -2.10. The number of carbonyl (C=O) groups is 1. The standard InChI is InChI=1S/C25H21NO6/c1-16-5-3-4-6-21(16)26-24(27)15-30-19-11-12-20-22(13-19)31-14-23(25(20)28)32-18-9-7-17(29-2)8-10-18/h3-14H,15H2,1-2H3,(H,26,27). The molecule has 162 valence electrons. The maximum Gasteiger partial charge on any atom is 0.262 e. The highest BCUT2D eigenvalue weighted by atomic mass is 16.5. The topological polar surface area (TPSA) is 87.0 Å². The molecule has 0 radical (unpaired) electrons. The third kappa shape index (κ3) is 4.73. The number of fused-ring (bicyclic) bond motifs is 1. The highest BCUT2D eigenvalue weighted by molar-refractivity contribution is 5.92. The molecule has 0 aliphatic carbocycles. The number of carbonyl (C=O) groups excluding carboxylic acids is 1. The van der Waals surface area contributed by atoms with Gasteiger partial charge in [0.15, 0.2) is 6.61 Å². The first-order valence-electron chi connectivity index (χ1n) is 9.89. The summed E-state index contributed by atoms with van der Waals surface area (Å²) in [4.78, 5) is 24.9. The van der Waals surface area contributed by atoms with Gasteiger partial charge in [-0.1, -0.05) is 18.2 Å². The van der Waals surface area contributed by atoms with Gasteiger partial charge >= 0.3 is 0 Å². The summed E-state index contributed by atoms with van der Waals surface area (Å²) in [6.07, 6.45) is 1.25. The molecule has 1 amide bonds. The normalized spacial score (nSPS) is 10.6. The lowest BCUT2D eigenvalue weighted by Crippen LogP contribution is -2.20. The van der Waals surface area contributed by atoms with E-state index in [1.165, 1.54) is 6.26 Å². The zero-order chi connectivity index (χ0) is 22.5. The first-order chi connectivity index (χ1) is 15.5. The number of hydrogen-bond donors (Lipinski definition) is 1. The Morgan fingerprint density at radius 3 is 2.44 bits per heavy atom. The van der Waals surface area contributed by atoms with Crippen LogP contribution in [0.5, 0.6) is 23.0 Å². The van der Waals surface area contributed by atoms with Gasteiger partial charge in [0.25, 0.3) is 5.91 Å². The summed E-state index contributed by atoms with van der Waals surface area (Å²) in [6.45, 7) is 1.73. The van der Waals surface area contributed by atoms with Gasteiger partial charge in [0, 0.05) is 11.8 Å². The maximum atomic E-state index is 12.8. The van der Waals surface area contributed by atoms with Crippen LogP contribution < -0.4 is 25.0 Å². The summed E-state index contributed by atoms with van der Waals surface area (Å²) in [5.74, 6) is 1.35. The van der Waals surface area contributed by atoms with Crippen LogP contribution in [-0.2, 0) is 4.79 Å². The molecule has 0 aliphatic rings. The van der Waals surface area contributed by atoms with Gasteiger partial charge in [-0.25, -0.2) is 0 Å². The molecule has 0 saturated heterocycles. The van der Waals surface area contributed by atoms with Crippen LogP contribution in [0.4, 0.5) is 5.69 Å². The Balaban J connectivity index is 1.45. The molecule has 0 atom stereocenters. The summed E-state index contributed by atoms with van der Waals surface area (Å²) in [5, 5.41) is 3.14. The van der Waals surface area contributed by atoms with E-state index in [2.05, 4.69) is 5.32 Å². The Hall–Kier alpha value is -4.26. The second kappa shape index (κ2) is 9.26. The molecule has 7 nitrogen and oxygen atoms in total. The third-order valence-corrected chi connectivity index (χ3v) is 4.79. The van der Waals surface area contributed by atoms with Crippen molar-refractivity contribution in [1.82, 2.24) is 0 Å². The molecule has 1 N–H and O–H groups in total. The van der Waals surface area contributed by atoms with Crippen molar-refractivity contribution in [1.29, 1.82) is 0 Å². The lowest BCUT2D eigenvalue weighted by molar-refractivity contribution is -0.118. The van der Waals surface area contributed by atoms with Gasteiger partial charge < -0.3 is 23.9 Å². The lowest BCUT2D eigenvalue weighted by atomic mass is 10.2. The molecule has 0 aliphatic heterocycles. The average molecular weight is 431 g/mol. The number of ether oxygens (including phenoxy) is 3.